The second-order valence-electron chi connectivity index (χ2n) is 35.3. The number of benzene rings is 6. The molecule has 0 aliphatic carbocycles. The first kappa shape index (κ1) is 86.1. The van der Waals surface area contributed by atoms with Crippen molar-refractivity contribution in [2.75, 3.05) is 25.4 Å². The first-order chi connectivity index (χ1) is 54.1. The Bertz CT molecular complexity index is 4840. The lowest BCUT2D eigenvalue weighted by Crippen LogP contribution is -2.41. The number of imidazole rings is 3. The van der Waals surface area contributed by atoms with E-state index in [1.807, 2.05) is 12.1 Å². The zero-order valence-corrected chi connectivity index (χ0v) is 71.7. The summed E-state index contributed by atoms with van der Waals surface area (Å²) in [5, 5.41) is 10.7. The summed E-state index contributed by atoms with van der Waals surface area (Å²) in [5.74, 6) is 3.98. The van der Waals surface area contributed by atoms with Crippen molar-refractivity contribution in [1.82, 2.24) is 59.1 Å². The second kappa shape index (κ2) is 42.1. The van der Waals surface area contributed by atoms with Crippen molar-refractivity contribution in [3.63, 3.8) is 0 Å². The lowest BCUT2D eigenvalue weighted by molar-refractivity contribution is 0.125. The van der Waals surface area contributed by atoms with Gasteiger partial charge in [0.1, 0.15) is 34.0 Å². The molecule has 0 fully saturated rings. The van der Waals surface area contributed by atoms with E-state index in [4.69, 9.17) is 30.7 Å². The third-order valence-corrected chi connectivity index (χ3v) is 21.8. The molecule has 12 aromatic rings. The average molecular weight is 1510 g/mol. The highest BCUT2D eigenvalue weighted by Crippen LogP contribution is 2.36. The van der Waals surface area contributed by atoms with Crippen molar-refractivity contribution in [1.29, 1.82) is 0 Å². The first-order valence-electron chi connectivity index (χ1n) is 43.6. The third kappa shape index (κ3) is 24.3. The summed E-state index contributed by atoms with van der Waals surface area (Å²) in [5.41, 5.74) is 26.7. The molecule has 0 aliphatic rings. The number of nitrogens with two attached hydrogens (primary N) is 1. The van der Waals surface area contributed by atoms with Gasteiger partial charge in [0.2, 0.25) is 0 Å². The Morgan fingerprint density at radius 3 is 1.04 bits per heavy atom. The van der Waals surface area contributed by atoms with Crippen molar-refractivity contribution in [3.05, 3.63) is 208 Å². The molecular weight excluding hydrogens is 1370 g/mol. The summed E-state index contributed by atoms with van der Waals surface area (Å²) in [6, 6.07) is 52.9. The second-order valence-corrected chi connectivity index (χ2v) is 35.3. The van der Waals surface area contributed by atoms with E-state index < -0.39 is 0 Å². The van der Waals surface area contributed by atoms with E-state index in [1.54, 1.807) is 0 Å². The smallest absolute Gasteiger partial charge is 0.152 e. The Hall–Kier alpha value is -8.36. The lowest BCUT2D eigenvalue weighted by atomic mass is 9.89. The van der Waals surface area contributed by atoms with Crippen LogP contribution in [0.3, 0.4) is 0 Å². The van der Waals surface area contributed by atoms with Crippen LogP contribution in [-0.4, -0.2) is 73.7 Å². The van der Waals surface area contributed by atoms with Gasteiger partial charge in [-0.25, -0.2) is 19.9 Å². The van der Waals surface area contributed by atoms with Gasteiger partial charge in [0.05, 0.1) is 44.5 Å². The van der Waals surface area contributed by atoms with Crippen LogP contribution >= 0.6 is 0 Å². The van der Waals surface area contributed by atoms with Gasteiger partial charge in [-0.15, -0.1) is 0 Å². The van der Waals surface area contributed by atoms with Crippen LogP contribution in [0.2, 0.25) is 0 Å². The maximum atomic E-state index is 6.39. The van der Waals surface area contributed by atoms with Crippen LogP contribution in [0.4, 0.5) is 5.82 Å². The molecule has 0 unspecified atom stereocenters. The van der Waals surface area contributed by atoms with Gasteiger partial charge in [-0.3, -0.25) is 14.9 Å². The normalized spacial score (nSPS) is 12.2. The van der Waals surface area contributed by atoms with Gasteiger partial charge in [0.25, 0.3) is 0 Å². The van der Waals surface area contributed by atoms with E-state index in [9.17, 15) is 0 Å². The Morgan fingerprint density at radius 2 is 0.661 bits per heavy atom. The van der Waals surface area contributed by atoms with Gasteiger partial charge >= 0.3 is 0 Å². The maximum absolute atomic E-state index is 6.39. The SMILES string of the molecule is CCCCCCCNCc1ccc(Cn2c(CCCC)nc3c(CC(C)(C)C)nc4ccccc4c32)cc1.CCCCCCN(Cc1ccc(Cn2c(CCCC)nc3c(N)nc4ccccc4c32)cc1)C(C)(C)C.CCCCCCNCc1ccc(Cn2c(CCCC)nc3c(CC(C)(C)C)nc4ccccc4c32)cc1. The summed E-state index contributed by atoms with van der Waals surface area (Å²) in [6.07, 6.45) is 28.6. The maximum Gasteiger partial charge on any atom is 0.152 e. The van der Waals surface area contributed by atoms with Crippen molar-refractivity contribution < 1.29 is 0 Å². The van der Waals surface area contributed by atoms with Gasteiger partial charge in [-0.05, 0) is 154 Å². The number of unbranched alkanes of at least 4 members (excludes halogenated alkanes) is 13. The van der Waals surface area contributed by atoms with E-state index >= 15 is 0 Å². The fourth-order valence-corrected chi connectivity index (χ4v) is 15.6. The number of hydrogen-bond acceptors (Lipinski definition) is 10. The molecule has 6 aromatic heterocycles. The van der Waals surface area contributed by atoms with Crippen LogP contribution in [-0.2, 0) is 71.4 Å². The first-order valence-corrected chi connectivity index (χ1v) is 43.6. The molecule has 0 saturated heterocycles. The van der Waals surface area contributed by atoms with E-state index in [1.165, 1.54) is 150 Å². The number of nitrogen functional groups attached to an aromatic ring is 1. The number of nitrogens with one attached hydrogen (secondary N) is 2. The molecule has 13 heteroatoms. The minimum atomic E-state index is 0.148. The highest BCUT2D eigenvalue weighted by atomic mass is 15.2. The van der Waals surface area contributed by atoms with Crippen molar-refractivity contribution in [3.8, 4) is 0 Å². The quantitative estimate of drug-likeness (QED) is 0.0318. The number of hydrogen-bond donors (Lipinski definition) is 3. The number of para-hydroxylation sites is 3. The minimum Gasteiger partial charge on any atom is -0.382 e. The monoisotopic (exact) mass is 1510 g/mol. The molecule has 6 heterocycles. The summed E-state index contributed by atoms with van der Waals surface area (Å²) < 4.78 is 7.32. The number of pyridine rings is 3. The van der Waals surface area contributed by atoms with E-state index in [-0.39, 0.29) is 16.4 Å². The number of nitrogens with zero attached hydrogens (tertiary/aromatic N) is 10. The molecule has 0 spiro atoms. The molecule has 0 radical (unpaired) electrons. The molecule has 0 saturated carbocycles. The standard InChI is InChI=1S/C34H48N4.C33H46N4.C32H45N5/c1-6-8-10-11-14-22-35-24-26-18-20-27(21-19-26)25-38-31(17-9-7-2)37-32-30(23-34(3,4)5)36-29-16-13-12-15-28(29)33(32)38;1-6-8-10-13-21-34-23-25-17-19-26(20-18-25)24-37-30(16-9-7-2)36-31-29(22-33(3,4)5)35-28-15-12-11-14-27(28)32(31)37;1-6-8-10-13-21-36(32(3,4)5)22-24-17-19-25(20-18-24)23-37-28(16-9-7-2)35-29-30(37)26-14-11-12-15-27(26)34-31(29)33/h12-13,15-16,18-21,35H,6-11,14,17,22-25H2,1-5H3;11-12,14-15,17-20,34H,6-10,13,16,21-24H2,1-5H3;11-12,14-15,17-20H,6-10,13,16,21-23H2,1-5H3,(H2,33,34). The van der Waals surface area contributed by atoms with Gasteiger partial charge in [-0.1, -0.05) is 294 Å². The Labute approximate surface area is 673 Å². The van der Waals surface area contributed by atoms with Crippen molar-refractivity contribution >= 4 is 71.6 Å². The molecule has 0 bridgehead atoms. The van der Waals surface area contributed by atoms with Crippen molar-refractivity contribution in [2.24, 2.45) is 10.8 Å². The highest BCUT2D eigenvalue weighted by Gasteiger charge is 2.26. The fraction of sp³-hybridized carbons (Fsp3) is 0.515. The molecule has 6 aromatic carbocycles. The Morgan fingerprint density at radius 1 is 0.339 bits per heavy atom. The Kier molecular flexibility index (Phi) is 32.4. The molecule has 13 nitrogen and oxygen atoms in total. The topological polar surface area (TPSA) is 145 Å². The van der Waals surface area contributed by atoms with E-state index in [2.05, 4.69) is 272 Å². The zero-order valence-electron chi connectivity index (χ0n) is 71.7. The van der Waals surface area contributed by atoms with Gasteiger partial charge in [0, 0.05) is 80.2 Å². The Balaban J connectivity index is 0.000000178. The van der Waals surface area contributed by atoms with Crippen LogP contribution in [0.15, 0.2) is 146 Å². The third-order valence-electron chi connectivity index (χ3n) is 21.8. The molecule has 0 amide bonds. The van der Waals surface area contributed by atoms with Crippen LogP contribution in [0, 0.1) is 10.8 Å². The number of aromatic nitrogens is 9. The van der Waals surface area contributed by atoms with Crippen molar-refractivity contribution in [2.45, 2.75) is 303 Å². The summed E-state index contributed by atoms with van der Waals surface area (Å²) in [4.78, 5) is 33.0. The predicted octanol–water partition coefficient (Wildman–Crippen LogP) is 24.6. The number of rotatable bonds is 39. The number of anilines is 1. The van der Waals surface area contributed by atoms with Crippen LogP contribution in [0.5, 0.6) is 0 Å². The zero-order chi connectivity index (χ0) is 79.6. The molecule has 12 rings (SSSR count). The molecule has 112 heavy (non-hydrogen) atoms. The van der Waals surface area contributed by atoms with E-state index in [0.29, 0.717) is 5.82 Å². The molecular formula is C99H139N13. The molecule has 4 N–H and O–H groups in total. The summed E-state index contributed by atoms with van der Waals surface area (Å²) >= 11 is 0. The summed E-state index contributed by atoms with van der Waals surface area (Å²) in [7, 11) is 0. The van der Waals surface area contributed by atoms with Gasteiger partial charge < -0.3 is 30.1 Å². The number of fused-ring (bicyclic) bond motifs is 9. The summed E-state index contributed by atoms with van der Waals surface area (Å²) in [6.45, 7) is 42.9. The highest BCUT2D eigenvalue weighted by molar-refractivity contribution is 6.07. The lowest BCUT2D eigenvalue weighted by Gasteiger charge is -2.36. The average Bonchev–Trinajstić information content (AvgIpc) is 1.59. The van der Waals surface area contributed by atoms with Crippen LogP contribution < -0.4 is 16.4 Å². The minimum absolute atomic E-state index is 0.148. The van der Waals surface area contributed by atoms with E-state index in [0.717, 1.165) is 191 Å². The van der Waals surface area contributed by atoms with Crippen LogP contribution in [0.1, 0.15) is 288 Å². The molecule has 0 aliphatic heterocycles. The largest absolute Gasteiger partial charge is 0.382 e. The van der Waals surface area contributed by atoms with Gasteiger partial charge in [-0.2, -0.15) is 0 Å². The predicted molar refractivity (Wildman–Crippen MR) is 479 cm³/mol. The van der Waals surface area contributed by atoms with Crippen LogP contribution in [0.25, 0.3) is 65.8 Å². The molecule has 600 valence electrons. The molecule has 0 atom stereocenters. The fourth-order valence-electron chi connectivity index (χ4n) is 15.6. The number of aryl methyl sites for hydroxylation is 3. The van der Waals surface area contributed by atoms with Gasteiger partial charge in [0.15, 0.2) is 5.82 Å².